The van der Waals surface area contributed by atoms with Crippen molar-refractivity contribution >= 4 is 17.2 Å². The van der Waals surface area contributed by atoms with Gasteiger partial charge in [-0.25, -0.2) is 4.98 Å². The van der Waals surface area contributed by atoms with Crippen LogP contribution in [0, 0.1) is 0 Å². The lowest BCUT2D eigenvalue weighted by molar-refractivity contribution is -0.0742. The van der Waals surface area contributed by atoms with E-state index in [9.17, 15) is 4.79 Å². The van der Waals surface area contributed by atoms with Crippen molar-refractivity contribution in [3.63, 3.8) is 0 Å². The molecule has 0 unspecified atom stereocenters. The number of nitrogens with one attached hydrogen (secondary N) is 1. The first-order valence-corrected chi connectivity index (χ1v) is 8.72. The lowest BCUT2D eigenvalue weighted by Crippen LogP contribution is -2.50. The number of para-hydroxylation sites is 1. The van der Waals surface area contributed by atoms with Crippen LogP contribution in [0.2, 0.25) is 0 Å². The summed E-state index contributed by atoms with van der Waals surface area (Å²) in [7, 11) is 1.56. The average Bonchev–Trinajstić information content (AvgIpc) is 3.14. The van der Waals surface area contributed by atoms with Crippen molar-refractivity contribution in [2.75, 3.05) is 20.3 Å². The predicted molar refractivity (Wildman–Crippen MR) is 90.4 cm³/mol. The van der Waals surface area contributed by atoms with Gasteiger partial charge in [-0.05, 0) is 18.6 Å². The van der Waals surface area contributed by atoms with Gasteiger partial charge in [-0.3, -0.25) is 4.79 Å². The zero-order valence-corrected chi connectivity index (χ0v) is 14.3. The Balaban J connectivity index is 1.63. The number of amides is 1. The zero-order valence-electron chi connectivity index (χ0n) is 13.4. The summed E-state index contributed by atoms with van der Waals surface area (Å²) in [5, 5.41) is 5.00. The third-order valence-corrected chi connectivity index (χ3v) is 4.54. The van der Waals surface area contributed by atoms with E-state index in [0.29, 0.717) is 37.6 Å². The Kier molecular flexibility index (Phi) is 5.79. The topological polar surface area (TPSA) is 69.7 Å². The van der Waals surface area contributed by atoms with Crippen molar-refractivity contribution in [3.8, 4) is 5.75 Å². The van der Waals surface area contributed by atoms with E-state index < -0.39 is 0 Å². The van der Waals surface area contributed by atoms with Crippen LogP contribution in [0.3, 0.4) is 0 Å². The number of methoxy groups -OCH3 is 1. The largest absolute Gasteiger partial charge is 0.496 e. The van der Waals surface area contributed by atoms with Crippen LogP contribution in [0.4, 0.5) is 0 Å². The summed E-state index contributed by atoms with van der Waals surface area (Å²) in [6.07, 6.45) is 0.516. The van der Waals surface area contributed by atoms with Gasteiger partial charge in [-0.2, -0.15) is 0 Å². The molecule has 1 aromatic carbocycles. The Labute approximate surface area is 144 Å². The van der Waals surface area contributed by atoms with Crippen molar-refractivity contribution in [2.45, 2.75) is 25.2 Å². The number of benzene rings is 1. The number of nitrogens with zero attached hydrogens (tertiary/aromatic N) is 1. The summed E-state index contributed by atoms with van der Waals surface area (Å²) >= 11 is 1.53. The summed E-state index contributed by atoms with van der Waals surface area (Å²) in [5.74, 6) is 0.392. The quantitative estimate of drug-likeness (QED) is 0.867. The molecule has 7 heteroatoms. The minimum absolute atomic E-state index is 0.102. The molecule has 1 N–H and O–H groups in total. The van der Waals surface area contributed by atoms with Gasteiger partial charge >= 0.3 is 0 Å². The SMILES string of the molecule is COc1ccccc1C(=O)N[C@@H]1CCOC[C@H]1OCc1cscn1. The Bertz CT molecular complexity index is 662. The van der Waals surface area contributed by atoms with Crippen LogP contribution in [0.25, 0.3) is 0 Å². The lowest BCUT2D eigenvalue weighted by Gasteiger charge is -2.32. The molecule has 3 rings (SSSR count). The molecule has 24 heavy (non-hydrogen) atoms. The molecule has 1 aliphatic heterocycles. The molecule has 0 radical (unpaired) electrons. The molecule has 1 aromatic heterocycles. The van der Waals surface area contributed by atoms with Gasteiger partial charge in [0.25, 0.3) is 5.91 Å². The van der Waals surface area contributed by atoms with Gasteiger partial charge in [-0.15, -0.1) is 11.3 Å². The molecule has 0 saturated carbocycles. The Hall–Kier alpha value is -1.96. The lowest BCUT2D eigenvalue weighted by atomic mass is 10.0. The summed E-state index contributed by atoms with van der Waals surface area (Å²) in [6.45, 7) is 1.48. The predicted octanol–water partition coefficient (Wildman–Crippen LogP) is 2.26. The average molecular weight is 348 g/mol. The second-order valence-electron chi connectivity index (χ2n) is 5.47. The number of carbonyl (C=O) groups is 1. The fraction of sp³-hybridized carbons (Fsp3) is 0.412. The molecular weight excluding hydrogens is 328 g/mol. The molecule has 2 atom stereocenters. The summed E-state index contributed by atoms with van der Waals surface area (Å²) in [4.78, 5) is 16.8. The second kappa shape index (κ2) is 8.23. The molecule has 0 bridgehead atoms. The minimum atomic E-state index is -0.195. The van der Waals surface area contributed by atoms with Crippen LogP contribution in [0.1, 0.15) is 22.5 Å². The zero-order chi connectivity index (χ0) is 16.8. The van der Waals surface area contributed by atoms with Crippen LogP contribution >= 0.6 is 11.3 Å². The number of ether oxygens (including phenoxy) is 3. The van der Waals surface area contributed by atoms with Crippen LogP contribution in [-0.2, 0) is 16.1 Å². The number of carbonyl (C=O) groups excluding carboxylic acids is 1. The van der Waals surface area contributed by atoms with Gasteiger partial charge in [0.15, 0.2) is 0 Å². The van der Waals surface area contributed by atoms with E-state index in [1.54, 1.807) is 24.8 Å². The molecule has 2 heterocycles. The van der Waals surface area contributed by atoms with Crippen molar-refractivity contribution in [2.24, 2.45) is 0 Å². The van der Waals surface area contributed by atoms with E-state index in [1.807, 2.05) is 17.5 Å². The maximum absolute atomic E-state index is 12.6. The van der Waals surface area contributed by atoms with E-state index in [4.69, 9.17) is 14.2 Å². The van der Waals surface area contributed by atoms with Crippen molar-refractivity contribution < 1.29 is 19.0 Å². The van der Waals surface area contributed by atoms with Crippen LogP contribution < -0.4 is 10.1 Å². The number of hydrogen-bond donors (Lipinski definition) is 1. The highest BCUT2D eigenvalue weighted by Gasteiger charge is 2.29. The smallest absolute Gasteiger partial charge is 0.255 e. The van der Waals surface area contributed by atoms with Gasteiger partial charge in [0.1, 0.15) is 11.9 Å². The minimum Gasteiger partial charge on any atom is -0.496 e. The Morgan fingerprint density at radius 2 is 2.33 bits per heavy atom. The fourth-order valence-corrected chi connectivity index (χ4v) is 3.16. The van der Waals surface area contributed by atoms with E-state index in [2.05, 4.69) is 10.3 Å². The van der Waals surface area contributed by atoms with Gasteiger partial charge in [0.05, 0.1) is 43.1 Å². The van der Waals surface area contributed by atoms with Gasteiger partial charge in [0, 0.05) is 12.0 Å². The number of hydrogen-bond acceptors (Lipinski definition) is 6. The second-order valence-corrected chi connectivity index (χ2v) is 6.19. The normalized spacial score (nSPS) is 20.5. The monoisotopic (exact) mass is 348 g/mol. The van der Waals surface area contributed by atoms with Crippen LogP contribution in [-0.4, -0.2) is 43.4 Å². The molecule has 128 valence electrons. The van der Waals surface area contributed by atoms with E-state index in [1.165, 1.54) is 11.3 Å². The maximum Gasteiger partial charge on any atom is 0.255 e. The third kappa shape index (κ3) is 4.11. The van der Waals surface area contributed by atoms with Crippen molar-refractivity contribution in [1.82, 2.24) is 10.3 Å². The molecule has 1 amide bonds. The molecule has 1 saturated heterocycles. The van der Waals surface area contributed by atoms with Crippen LogP contribution in [0.15, 0.2) is 35.2 Å². The molecule has 6 nitrogen and oxygen atoms in total. The number of aromatic nitrogens is 1. The Morgan fingerprint density at radius 1 is 1.46 bits per heavy atom. The van der Waals surface area contributed by atoms with E-state index in [0.717, 1.165) is 5.69 Å². The summed E-state index contributed by atoms with van der Waals surface area (Å²) in [5.41, 5.74) is 3.18. The first kappa shape index (κ1) is 16.9. The molecule has 0 aliphatic carbocycles. The van der Waals surface area contributed by atoms with Crippen molar-refractivity contribution in [3.05, 3.63) is 46.4 Å². The van der Waals surface area contributed by atoms with Gasteiger partial charge in [0.2, 0.25) is 0 Å². The van der Waals surface area contributed by atoms with Crippen LogP contribution in [0.5, 0.6) is 5.75 Å². The van der Waals surface area contributed by atoms with Gasteiger partial charge < -0.3 is 19.5 Å². The summed E-state index contributed by atoms with van der Waals surface area (Å²) in [6, 6.07) is 7.07. The Morgan fingerprint density at radius 3 is 3.12 bits per heavy atom. The highest BCUT2D eigenvalue weighted by molar-refractivity contribution is 7.07. The van der Waals surface area contributed by atoms with E-state index in [-0.39, 0.29) is 18.1 Å². The number of rotatable bonds is 6. The molecular formula is C17H20N2O4S. The fourth-order valence-electron chi connectivity index (χ4n) is 2.62. The highest BCUT2D eigenvalue weighted by Crippen LogP contribution is 2.19. The first-order valence-electron chi connectivity index (χ1n) is 7.78. The number of thiazole rings is 1. The first-order chi connectivity index (χ1) is 11.8. The summed E-state index contributed by atoms with van der Waals surface area (Å²) < 4.78 is 16.7. The highest BCUT2D eigenvalue weighted by atomic mass is 32.1. The maximum atomic E-state index is 12.6. The van der Waals surface area contributed by atoms with Gasteiger partial charge in [-0.1, -0.05) is 12.1 Å². The molecule has 0 spiro atoms. The molecule has 1 fully saturated rings. The van der Waals surface area contributed by atoms with Crippen molar-refractivity contribution in [1.29, 1.82) is 0 Å². The standard InChI is InChI=1S/C17H20N2O4S/c1-21-15-5-3-2-4-13(15)17(20)19-14-6-7-22-9-16(14)23-8-12-10-24-11-18-12/h2-5,10-11,14,16H,6-9H2,1H3,(H,19,20)/t14-,16-/m1/s1. The third-order valence-electron chi connectivity index (χ3n) is 3.90. The molecule has 2 aromatic rings. The van der Waals surface area contributed by atoms with E-state index >= 15 is 0 Å². The molecule has 1 aliphatic rings.